The van der Waals surface area contributed by atoms with Crippen LogP contribution in [0.1, 0.15) is 16.2 Å². The number of carbonyl (C=O) groups is 1. The first-order chi connectivity index (χ1) is 14.9. The zero-order valence-corrected chi connectivity index (χ0v) is 17.5. The maximum atomic E-state index is 12.7. The van der Waals surface area contributed by atoms with Crippen LogP contribution in [0.25, 0.3) is 16.9 Å². The minimum absolute atomic E-state index is 0.000913. The predicted molar refractivity (Wildman–Crippen MR) is 113 cm³/mol. The van der Waals surface area contributed by atoms with Crippen LogP contribution in [0.15, 0.2) is 53.9 Å². The zero-order valence-electron chi connectivity index (χ0n) is 15.9. The van der Waals surface area contributed by atoms with Crippen LogP contribution < -0.4 is 10.1 Å². The second kappa shape index (κ2) is 8.78. The first-order valence-corrected chi connectivity index (χ1v) is 10.2. The van der Waals surface area contributed by atoms with Crippen molar-refractivity contribution in [3.63, 3.8) is 0 Å². The molecule has 0 saturated carbocycles. The number of thiazole rings is 1. The van der Waals surface area contributed by atoms with Gasteiger partial charge in [0.25, 0.3) is 5.91 Å². The molecule has 4 aromatic rings. The van der Waals surface area contributed by atoms with Crippen molar-refractivity contribution in [2.24, 2.45) is 0 Å². The van der Waals surface area contributed by atoms with Gasteiger partial charge in [-0.05, 0) is 37.3 Å². The lowest BCUT2D eigenvalue weighted by Crippen LogP contribution is -2.14. The molecule has 0 aliphatic heterocycles. The number of alkyl halides is 2. The van der Waals surface area contributed by atoms with Crippen LogP contribution >= 0.6 is 22.9 Å². The summed E-state index contributed by atoms with van der Waals surface area (Å²) in [5, 5.41) is 13.1. The molecule has 158 valence electrons. The van der Waals surface area contributed by atoms with Gasteiger partial charge in [0, 0.05) is 16.0 Å². The van der Waals surface area contributed by atoms with Crippen molar-refractivity contribution in [3.05, 3.63) is 70.3 Å². The van der Waals surface area contributed by atoms with E-state index in [0.29, 0.717) is 27.7 Å². The Morgan fingerprint density at radius 1 is 1.23 bits per heavy atom. The molecular formula is C20H14ClF2N5O2S. The van der Waals surface area contributed by atoms with Gasteiger partial charge in [0.05, 0.1) is 17.1 Å². The van der Waals surface area contributed by atoms with Gasteiger partial charge in [-0.15, -0.1) is 16.4 Å². The molecule has 0 fully saturated rings. The van der Waals surface area contributed by atoms with E-state index in [9.17, 15) is 13.6 Å². The highest BCUT2D eigenvalue weighted by Gasteiger charge is 2.20. The number of nitrogens with zero attached hydrogens (tertiary/aromatic N) is 4. The number of amides is 1. The van der Waals surface area contributed by atoms with E-state index in [1.165, 1.54) is 10.7 Å². The Labute approximate surface area is 184 Å². The monoisotopic (exact) mass is 461 g/mol. The van der Waals surface area contributed by atoms with Crippen molar-refractivity contribution in [2.45, 2.75) is 13.5 Å². The minimum Gasteiger partial charge on any atom is -0.434 e. The van der Waals surface area contributed by atoms with Crippen molar-refractivity contribution < 1.29 is 18.3 Å². The molecule has 0 aliphatic carbocycles. The fourth-order valence-electron chi connectivity index (χ4n) is 2.88. The van der Waals surface area contributed by atoms with E-state index in [-0.39, 0.29) is 16.6 Å². The third kappa shape index (κ3) is 4.54. The molecule has 4 rings (SSSR count). The normalized spacial score (nSPS) is 11.0. The van der Waals surface area contributed by atoms with Gasteiger partial charge in [0.15, 0.2) is 10.8 Å². The lowest BCUT2D eigenvalue weighted by molar-refractivity contribution is -0.0494. The predicted octanol–water partition coefficient (Wildman–Crippen LogP) is 5.21. The van der Waals surface area contributed by atoms with Crippen LogP contribution in [0.5, 0.6) is 5.75 Å². The number of benzene rings is 2. The topological polar surface area (TPSA) is 81.9 Å². The highest BCUT2D eigenvalue weighted by molar-refractivity contribution is 7.14. The fourth-order valence-corrected chi connectivity index (χ4v) is 3.77. The molecule has 1 amide bonds. The number of nitrogens with one attached hydrogen (secondary N) is 1. The second-order valence-electron chi connectivity index (χ2n) is 6.28. The molecule has 2 heterocycles. The van der Waals surface area contributed by atoms with Gasteiger partial charge >= 0.3 is 6.61 Å². The molecular weight excluding hydrogens is 448 g/mol. The number of para-hydroxylation sites is 1. The van der Waals surface area contributed by atoms with Crippen molar-refractivity contribution in [2.75, 3.05) is 5.32 Å². The summed E-state index contributed by atoms with van der Waals surface area (Å²) in [4.78, 5) is 17.0. The van der Waals surface area contributed by atoms with Crippen LogP contribution in [0.2, 0.25) is 5.02 Å². The summed E-state index contributed by atoms with van der Waals surface area (Å²) in [5.41, 5.74) is 2.10. The summed E-state index contributed by atoms with van der Waals surface area (Å²) in [6.07, 6.45) is 0. The van der Waals surface area contributed by atoms with E-state index >= 15 is 0 Å². The number of halogens is 3. The van der Waals surface area contributed by atoms with Crippen LogP contribution in [0.3, 0.4) is 0 Å². The molecule has 0 bridgehead atoms. The molecule has 0 spiro atoms. The first-order valence-electron chi connectivity index (χ1n) is 8.91. The lowest BCUT2D eigenvalue weighted by atomic mass is 10.1. The third-order valence-electron chi connectivity index (χ3n) is 4.27. The molecule has 0 unspecified atom stereocenters. The van der Waals surface area contributed by atoms with Gasteiger partial charge in [-0.25, -0.2) is 9.67 Å². The average Bonchev–Trinajstić information content (AvgIpc) is 3.34. The number of aromatic nitrogens is 4. The van der Waals surface area contributed by atoms with Gasteiger partial charge < -0.3 is 4.74 Å². The maximum Gasteiger partial charge on any atom is 0.387 e. The molecule has 31 heavy (non-hydrogen) atoms. The van der Waals surface area contributed by atoms with E-state index in [1.807, 2.05) is 0 Å². The Bertz CT molecular complexity index is 1240. The van der Waals surface area contributed by atoms with Gasteiger partial charge in [-0.2, -0.15) is 8.78 Å². The second-order valence-corrected chi connectivity index (χ2v) is 7.58. The van der Waals surface area contributed by atoms with Crippen LogP contribution in [-0.2, 0) is 0 Å². The molecule has 0 aliphatic rings. The Morgan fingerprint density at radius 3 is 2.81 bits per heavy atom. The summed E-state index contributed by atoms with van der Waals surface area (Å²) in [5.74, 6) is -0.496. The van der Waals surface area contributed by atoms with Crippen molar-refractivity contribution in [3.8, 4) is 22.7 Å². The smallest absolute Gasteiger partial charge is 0.387 e. The largest absolute Gasteiger partial charge is 0.434 e. The number of ether oxygens (including phenoxy) is 1. The number of hydrogen-bond donors (Lipinski definition) is 1. The zero-order chi connectivity index (χ0) is 22.0. The van der Waals surface area contributed by atoms with Gasteiger partial charge in [-0.1, -0.05) is 35.0 Å². The molecule has 7 nitrogen and oxygen atoms in total. The maximum absolute atomic E-state index is 12.7. The highest BCUT2D eigenvalue weighted by Crippen LogP contribution is 2.33. The minimum atomic E-state index is -2.95. The Balaban J connectivity index is 1.55. The van der Waals surface area contributed by atoms with Gasteiger partial charge in [0.1, 0.15) is 5.75 Å². The van der Waals surface area contributed by atoms with E-state index in [2.05, 4.69) is 25.3 Å². The summed E-state index contributed by atoms with van der Waals surface area (Å²) in [6.45, 7) is -1.25. The Morgan fingerprint density at radius 2 is 2.03 bits per heavy atom. The van der Waals surface area contributed by atoms with E-state index in [4.69, 9.17) is 11.6 Å². The molecule has 11 heteroatoms. The Kier molecular flexibility index (Phi) is 5.92. The van der Waals surface area contributed by atoms with Gasteiger partial charge in [0.2, 0.25) is 0 Å². The number of carbonyl (C=O) groups excluding carboxylic acids is 1. The van der Waals surface area contributed by atoms with Gasteiger partial charge in [-0.3, -0.25) is 10.1 Å². The molecule has 1 N–H and O–H groups in total. The lowest BCUT2D eigenvalue weighted by Gasteiger charge is -2.08. The Hall–Kier alpha value is -3.37. The van der Waals surface area contributed by atoms with E-state index in [1.54, 1.807) is 54.8 Å². The number of anilines is 1. The van der Waals surface area contributed by atoms with Crippen LogP contribution in [0.4, 0.5) is 13.9 Å². The molecule has 0 saturated heterocycles. The number of hydrogen-bond acceptors (Lipinski definition) is 6. The first kappa shape index (κ1) is 20.9. The van der Waals surface area contributed by atoms with E-state index in [0.717, 1.165) is 11.3 Å². The standard InChI is InChI=1S/C20H14ClF2N5O2S/c1-11-17(26-27-28(11)13-6-4-5-12(21)9-13)18(29)25-20-24-15(10-31-20)14-7-2-3-8-16(14)30-19(22)23/h2-10,19H,1H3,(H,24,25,29). The SMILES string of the molecule is Cc1c(C(=O)Nc2nc(-c3ccccc3OC(F)F)cs2)nnn1-c1cccc(Cl)c1. The fraction of sp³-hybridized carbons (Fsp3) is 0.100. The summed E-state index contributed by atoms with van der Waals surface area (Å²) in [6, 6.07) is 13.3. The van der Waals surface area contributed by atoms with Crippen molar-refractivity contribution in [1.82, 2.24) is 20.0 Å². The highest BCUT2D eigenvalue weighted by atomic mass is 35.5. The molecule has 2 aromatic heterocycles. The third-order valence-corrected chi connectivity index (χ3v) is 5.26. The van der Waals surface area contributed by atoms with Crippen LogP contribution in [0, 0.1) is 6.92 Å². The quantitative estimate of drug-likeness (QED) is 0.426. The molecule has 2 aromatic carbocycles. The van der Waals surface area contributed by atoms with Crippen molar-refractivity contribution in [1.29, 1.82) is 0 Å². The average molecular weight is 462 g/mol. The number of rotatable bonds is 6. The van der Waals surface area contributed by atoms with Crippen molar-refractivity contribution >= 4 is 34.0 Å². The summed E-state index contributed by atoms with van der Waals surface area (Å²) >= 11 is 7.16. The summed E-state index contributed by atoms with van der Waals surface area (Å²) in [7, 11) is 0. The van der Waals surface area contributed by atoms with E-state index < -0.39 is 12.5 Å². The molecule has 0 atom stereocenters. The molecule has 0 radical (unpaired) electrons. The summed E-state index contributed by atoms with van der Waals surface area (Å²) < 4.78 is 31.3. The van der Waals surface area contributed by atoms with Crippen LogP contribution in [-0.4, -0.2) is 32.5 Å².